The van der Waals surface area contributed by atoms with Gasteiger partial charge in [0.1, 0.15) is 10.9 Å². The zero-order valence-electron chi connectivity index (χ0n) is 5.54. The lowest BCUT2D eigenvalue weighted by atomic mass is 10.4. The smallest absolute Gasteiger partial charge is 0.135 e. The van der Waals surface area contributed by atoms with E-state index in [9.17, 15) is 0 Å². The van der Waals surface area contributed by atoms with Crippen LogP contribution in [0.1, 0.15) is 6.42 Å². The Kier molecular flexibility index (Phi) is 2.13. The van der Waals surface area contributed by atoms with Crippen molar-refractivity contribution < 1.29 is 4.74 Å². The number of hydrogen-bond acceptors (Lipinski definition) is 4. The summed E-state index contributed by atoms with van der Waals surface area (Å²) in [5, 5.41) is 5.28. The van der Waals surface area contributed by atoms with Gasteiger partial charge >= 0.3 is 0 Å². The van der Waals surface area contributed by atoms with E-state index in [1.165, 1.54) is 0 Å². The summed E-state index contributed by atoms with van der Waals surface area (Å²) in [6.45, 7) is 0. The molecule has 5 heteroatoms. The van der Waals surface area contributed by atoms with E-state index in [0.29, 0.717) is 17.4 Å². The topological polar surface area (TPSA) is 50.9 Å². The number of nitrogens with zero attached hydrogens (tertiary/aromatic N) is 2. The normalized spacial score (nSPS) is 18.1. The number of ether oxygens (including phenoxy) is 1. The Balaban J connectivity index is 2.65. The van der Waals surface area contributed by atoms with E-state index in [1.807, 2.05) is 0 Å². The minimum absolute atomic E-state index is 0.432. The summed E-state index contributed by atoms with van der Waals surface area (Å²) in [6.07, 6.45) is 2.09. The number of halogens is 1. The van der Waals surface area contributed by atoms with Gasteiger partial charge in [0.2, 0.25) is 0 Å². The van der Waals surface area contributed by atoms with Crippen molar-refractivity contribution in [2.75, 3.05) is 7.11 Å². The summed E-state index contributed by atoms with van der Waals surface area (Å²) in [7, 11) is 1.56. The summed E-state index contributed by atoms with van der Waals surface area (Å²) >= 11 is 5.59. The number of nitrogens with two attached hydrogens (primary N) is 1. The second-order valence-electron chi connectivity index (χ2n) is 1.83. The van der Waals surface area contributed by atoms with Gasteiger partial charge in [-0.2, -0.15) is 0 Å². The molecule has 0 radical (unpaired) electrons. The molecule has 0 aliphatic carbocycles. The van der Waals surface area contributed by atoms with Gasteiger partial charge in [-0.15, -0.1) is 5.10 Å². The van der Waals surface area contributed by atoms with Crippen molar-refractivity contribution in [3.05, 3.63) is 12.0 Å². The highest BCUT2D eigenvalue weighted by molar-refractivity contribution is 6.65. The number of hydrazine groups is 1. The predicted molar refractivity (Wildman–Crippen MR) is 39.0 cm³/mol. The van der Waals surface area contributed by atoms with Crippen LogP contribution < -0.4 is 5.84 Å². The standard InChI is InChI=1S/C5H8ClN3O/c1-10-4-2-5(6)8-9(7)3-4/h3H,2,7H2,1H3. The van der Waals surface area contributed by atoms with Crippen LogP contribution in [0.2, 0.25) is 0 Å². The first-order chi connectivity index (χ1) is 4.72. The summed E-state index contributed by atoms with van der Waals surface area (Å²) in [4.78, 5) is 0. The summed E-state index contributed by atoms with van der Waals surface area (Å²) in [5.74, 6) is 6.01. The minimum Gasteiger partial charge on any atom is -0.499 e. The van der Waals surface area contributed by atoms with Crippen molar-refractivity contribution in [2.45, 2.75) is 6.42 Å². The third-order valence-corrected chi connectivity index (χ3v) is 1.29. The molecular weight excluding hydrogens is 154 g/mol. The fourth-order valence-corrected chi connectivity index (χ4v) is 0.870. The number of hydrogen-bond donors (Lipinski definition) is 1. The first-order valence-electron chi connectivity index (χ1n) is 2.74. The van der Waals surface area contributed by atoms with E-state index in [-0.39, 0.29) is 0 Å². The minimum atomic E-state index is 0.432. The van der Waals surface area contributed by atoms with Crippen LogP contribution in [0.15, 0.2) is 17.1 Å². The zero-order valence-corrected chi connectivity index (χ0v) is 6.30. The second kappa shape index (κ2) is 2.90. The molecule has 1 aliphatic heterocycles. The summed E-state index contributed by atoms with van der Waals surface area (Å²) < 4.78 is 4.91. The second-order valence-corrected chi connectivity index (χ2v) is 2.27. The Bertz CT molecular complexity index is 189. The fourth-order valence-electron chi connectivity index (χ4n) is 0.651. The fraction of sp³-hybridized carbons (Fsp3) is 0.400. The highest BCUT2D eigenvalue weighted by Gasteiger charge is 2.09. The van der Waals surface area contributed by atoms with Crippen LogP contribution in [0.3, 0.4) is 0 Å². The van der Waals surface area contributed by atoms with Gasteiger partial charge in [-0.25, -0.2) is 11.0 Å². The number of rotatable bonds is 1. The maximum atomic E-state index is 5.59. The molecule has 0 bridgehead atoms. The van der Waals surface area contributed by atoms with Crippen molar-refractivity contribution in [2.24, 2.45) is 10.9 Å². The molecule has 1 heterocycles. The van der Waals surface area contributed by atoms with Crippen LogP contribution in [0.25, 0.3) is 0 Å². The van der Waals surface area contributed by atoms with Crippen molar-refractivity contribution in [1.82, 2.24) is 5.12 Å². The van der Waals surface area contributed by atoms with Gasteiger partial charge in [-0.05, 0) is 0 Å². The lowest BCUT2D eigenvalue weighted by molar-refractivity contribution is 0.262. The van der Waals surface area contributed by atoms with Gasteiger partial charge in [0.05, 0.1) is 19.7 Å². The van der Waals surface area contributed by atoms with Crippen molar-refractivity contribution in [3.8, 4) is 0 Å². The average Bonchev–Trinajstić information content (AvgIpc) is 1.85. The van der Waals surface area contributed by atoms with Crippen LogP contribution in [-0.4, -0.2) is 17.4 Å². The average molecular weight is 162 g/mol. The van der Waals surface area contributed by atoms with Gasteiger partial charge in [0, 0.05) is 0 Å². The van der Waals surface area contributed by atoms with E-state index in [4.69, 9.17) is 22.2 Å². The van der Waals surface area contributed by atoms with E-state index in [0.717, 1.165) is 5.12 Å². The molecule has 0 aromatic heterocycles. The molecule has 56 valence electrons. The molecule has 0 unspecified atom stereocenters. The maximum absolute atomic E-state index is 5.59. The van der Waals surface area contributed by atoms with Crippen molar-refractivity contribution in [1.29, 1.82) is 0 Å². The van der Waals surface area contributed by atoms with E-state index in [2.05, 4.69) is 5.10 Å². The molecule has 0 atom stereocenters. The molecule has 1 aliphatic rings. The third kappa shape index (κ3) is 1.62. The molecule has 0 aromatic carbocycles. The van der Waals surface area contributed by atoms with Gasteiger partial charge in [0.25, 0.3) is 0 Å². The van der Waals surface area contributed by atoms with Gasteiger partial charge in [-0.3, -0.25) is 0 Å². The summed E-state index contributed by atoms with van der Waals surface area (Å²) in [6, 6.07) is 0. The molecule has 10 heavy (non-hydrogen) atoms. The number of hydrazone groups is 1. The lowest BCUT2D eigenvalue weighted by Gasteiger charge is -2.15. The Labute approximate surface area is 63.9 Å². The van der Waals surface area contributed by atoms with E-state index < -0.39 is 0 Å². The molecule has 0 spiro atoms. The van der Waals surface area contributed by atoms with Crippen LogP contribution in [0, 0.1) is 0 Å². The largest absolute Gasteiger partial charge is 0.499 e. The molecular formula is C5H8ClN3O. The van der Waals surface area contributed by atoms with E-state index >= 15 is 0 Å². The SMILES string of the molecule is COC1=CN(N)N=C(Cl)C1. The van der Waals surface area contributed by atoms with Crippen LogP contribution in [0.4, 0.5) is 0 Å². The predicted octanol–water partition coefficient (Wildman–Crippen LogP) is 0.606. The van der Waals surface area contributed by atoms with E-state index in [1.54, 1.807) is 13.3 Å². The molecule has 0 saturated carbocycles. The molecule has 2 N–H and O–H groups in total. The molecule has 4 nitrogen and oxygen atoms in total. The molecule has 1 rings (SSSR count). The highest BCUT2D eigenvalue weighted by Crippen LogP contribution is 2.12. The Morgan fingerprint density at radius 1 is 1.90 bits per heavy atom. The van der Waals surface area contributed by atoms with Crippen molar-refractivity contribution in [3.63, 3.8) is 0 Å². The van der Waals surface area contributed by atoms with Crippen molar-refractivity contribution >= 4 is 16.8 Å². The first kappa shape index (κ1) is 7.37. The van der Waals surface area contributed by atoms with Gasteiger partial charge in [0.15, 0.2) is 0 Å². The molecule has 0 saturated heterocycles. The lowest BCUT2D eigenvalue weighted by Crippen LogP contribution is -2.24. The number of methoxy groups -OCH3 is 1. The zero-order chi connectivity index (χ0) is 7.56. The Hall–Kier alpha value is -0.740. The van der Waals surface area contributed by atoms with Crippen LogP contribution >= 0.6 is 11.6 Å². The third-order valence-electron chi connectivity index (χ3n) is 1.08. The van der Waals surface area contributed by atoms with Crippen LogP contribution in [-0.2, 0) is 4.74 Å². The monoisotopic (exact) mass is 161 g/mol. The van der Waals surface area contributed by atoms with Gasteiger partial charge in [-0.1, -0.05) is 11.6 Å². The Morgan fingerprint density at radius 2 is 2.60 bits per heavy atom. The number of allylic oxidation sites excluding steroid dienone is 1. The maximum Gasteiger partial charge on any atom is 0.135 e. The highest BCUT2D eigenvalue weighted by atomic mass is 35.5. The van der Waals surface area contributed by atoms with Crippen LogP contribution in [0.5, 0.6) is 0 Å². The first-order valence-corrected chi connectivity index (χ1v) is 3.12. The quantitative estimate of drug-likeness (QED) is 0.574. The molecule has 0 fully saturated rings. The Morgan fingerprint density at radius 3 is 3.10 bits per heavy atom. The molecule has 0 aromatic rings. The van der Waals surface area contributed by atoms with Gasteiger partial charge < -0.3 is 4.74 Å². The molecule has 0 amide bonds. The summed E-state index contributed by atoms with van der Waals surface area (Å²) in [5.41, 5.74) is 0.